The standard InChI is InChI=1S/C17H25NO2/c1-4-11-20-14-17(19)13-18(15(3)5-2)12-16-9-7-6-8-10-16/h1,6-10,15,17,19H,5,11-14H2,2-3H3. The average Bonchev–Trinajstić information content (AvgIpc) is 2.47. The van der Waals surface area contributed by atoms with Gasteiger partial charge in [-0.1, -0.05) is 43.2 Å². The van der Waals surface area contributed by atoms with Gasteiger partial charge >= 0.3 is 0 Å². The molecule has 3 heteroatoms. The number of ether oxygens (including phenoxy) is 1. The minimum Gasteiger partial charge on any atom is -0.389 e. The number of benzene rings is 1. The number of aliphatic hydroxyl groups excluding tert-OH is 1. The van der Waals surface area contributed by atoms with Gasteiger partial charge in [-0.2, -0.15) is 0 Å². The second kappa shape index (κ2) is 9.55. The zero-order valence-corrected chi connectivity index (χ0v) is 12.5. The molecule has 0 saturated heterocycles. The highest BCUT2D eigenvalue weighted by Gasteiger charge is 2.17. The van der Waals surface area contributed by atoms with Gasteiger partial charge in [0, 0.05) is 19.1 Å². The Balaban J connectivity index is 2.54. The summed E-state index contributed by atoms with van der Waals surface area (Å²) in [6.07, 6.45) is 5.65. The number of aliphatic hydroxyl groups is 1. The molecule has 0 aliphatic heterocycles. The fourth-order valence-electron chi connectivity index (χ4n) is 2.05. The Morgan fingerprint density at radius 1 is 1.35 bits per heavy atom. The lowest BCUT2D eigenvalue weighted by Gasteiger charge is -2.30. The van der Waals surface area contributed by atoms with E-state index >= 15 is 0 Å². The van der Waals surface area contributed by atoms with Crippen molar-refractivity contribution in [1.29, 1.82) is 0 Å². The number of hydrogen-bond donors (Lipinski definition) is 1. The van der Waals surface area contributed by atoms with Gasteiger partial charge in [-0.25, -0.2) is 0 Å². The van der Waals surface area contributed by atoms with Crippen LogP contribution in [0.2, 0.25) is 0 Å². The van der Waals surface area contributed by atoms with Gasteiger partial charge in [0.1, 0.15) is 6.61 Å². The van der Waals surface area contributed by atoms with Crippen LogP contribution in [0.1, 0.15) is 25.8 Å². The number of nitrogens with zero attached hydrogens (tertiary/aromatic N) is 1. The monoisotopic (exact) mass is 275 g/mol. The number of hydrogen-bond acceptors (Lipinski definition) is 3. The molecule has 0 spiro atoms. The van der Waals surface area contributed by atoms with Crippen molar-refractivity contribution in [2.45, 2.75) is 39.0 Å². The van der Waals surface area contributed by atoms with Crippen molar-refractivity contribution < 1.29 is 9.84 Å². The molecule has 0 radical (unpaired) electrons. The third-order valence-electron chi connectivity index (χ3n) is 3.38. The molecule has 2 unspecified atom stereocenters. The van der Waals surface area contributed by atoms with Crippen molar-refractivity contribution in [2.24, 2.45) is 0 Å². The van der Waals surface area contributed by atoms with Crippen LogP contribution in [0.4, 0.5) is 0 Å². The summed E-state index contributed by atoms with van der Waals surface area (Å²) in [5.74, 6) is 2.40. The highest BCUT2D eigenvalue weighted by Crippen LogP contribution is 2.11. The molecule has 0 aromatic heterocycles. The summed E-state index contributed by atoms with van der Waals surface area (Å²) in [5.41, 5.74) is 1.25. The van der Waals surface area contributed by atoms with Gasteiger partial charge in [0.05, 0.1) is 12.7 Å². The van der Waals surface area contributed by atoms with Gasteiger partial charge < -0.3 is 9.84 Å². The molecule has 1 N–H and O–H groups in total. The molecule has 2 atom stereocenters. The quantitative estimate of drug-likeness (QED) is 0.554. The average molecular weight is 275 g/mol. The van der Waals surface area contributed by atoms with Crippen molar-refractivity contribution in [3.05, 3.63) is 35.9 Å². The van der Waals surface area contributed by atoms with Crippen LogP contribution in [-0.4, -0.2) is 41.9 Å². The van der Waals surface area contributed by atoms with Gasteiger partial charge in [0.25, 0.3) is 0 Å². The number of rotatable bonds is 9. The summed E-state index contributed by atoms with van der Waals surface area (Å²) in [7, 11) is 0. The lowest BCUT2D eigenvalue weighted by Crippen LogP contribution is -2.39. The first-order valence-corrected chi connectivity index (χ1v) is 7.14. The van der Waals surface area contributed by atoms with Crippen LogP contribution in [0, 0.1) is 12.3 Å². The predicted octanol–water partition coefficient (Wildman–Crippen LogP) is 2.30. The summed E-state index contributed by atoms with van der Waals surface area (Å²) >= 11 is 0. The zero-order valence-electron chi connectivity index (χ0n) is 12.5. The highest BCUT2D eigenvalue weighted by atomic mass is 16.5. The largest absolute Gasteiger partial charge is 0.389 e. The van der Waals surface area contributed by atoms with E-state index in [2.05, 4.69) is 36.8 Å². The fraction of sp³-hybridized carbons (Fsp3) is 0.529. The van der Waals surface area contributed by atoms with E-state index < -0.39 is 6.10 Å². The summed E-state index contributed by atoms with van der Waals surface area (Å²) in [4.78, 5) is 2.28. The van der Waals surface area contributed by atoms with E-state index in [1.807, 2.05) is 18.2 Å². The maximum Gasteiger partial charge on any atom is 0.107 e. The van der Waals surface area contributed by atoms with Gasteiger partial charge in [-0.05, 0) is 18.9 Å². The molecule has 0 aliphatic rings. The van der Waals surface area contributed by atoms with Gasteiger partial charge in [0.15, 0.2) is 0 Å². The molecule has 3 nitrogen and oxygen atoms in total. The smallest absolute Gasteiger partial charge is 0.107 e. The molecule has 0 amide bonds. The minimum absolute atomic E-state index is 0.249. The van der Waals surface area contributed by atoms with Crippen molar-refractivity contribution >= 4 is 0 Å². The Labute approximate surface area is 122 Å². The molecule has 1 rings (SSSR count). The van der Waals surface area contributed by atoms with E-state index in [0.717, 1.165) is 13.0 Å². The third-order valence-corrected chi connectivity index (χ3v) is 3.38. The van der Waals surface area contributed by atoms with Gasteiger partial charge in [-0.3, -0.25) is 4.90 Å². The first kappa shape index (κ1) is 16.7. The van der Waals surface area contributed by atoms with Crippen molar-refractivity contribution in [2.75, 3.05) is 19.8 Å². The fourth-order valence-corrected chi connectivity index (χ4v) is 2.05. The van der Waals surface area contributed by atoms with Crippen LogP contribution < -0.4 is 0 Å². The highest BCUT2D eigenvalue weighted by molar-refractivity contribution is 5.14. The molecule has 1 aromatic rings. The summed E-state index contributed by atoms with van der Waals surface area (Å²) in [5, 5.41) is 10.0. The maximum absolute atomic E-state index is 10.0. The van der Waals surface area contributed by atoms with E-state index in [9.17, 15) is 5.11 Å². The maximum atomic E-state index is 10.0. The van der Waals surface area contributed by atoms with E-state index in [1.54, 1.807) is 0 Å². The minimum atomic E-state index is -0.513. The second-order valence-electron chi connectivity index (χ2n) is 5.05. The van der Waals surface area contributed by atoms with Crippen LogP contribution in [0.15, 0.2) is 30.3 Å². The van der Waals surface area contributed by atoms with E-state index in [0.29, 0.717) is 12.6 Å². The predicted molar refractivity (Wildman–Crippen MR) is 82.3 cm³/mol. The first-order valence-electron chi connectivity index (χ1n) is 7.14. The lowest BCUT2D eigenvalue weighted by atomic mass is 10.1. The van der Waals surface area contributed by atoms with Crippen LogP contribution >= 0.6 is 0 Å². The first-order chi connectivity index (χ1) is 9.67. The van der Waals surface area contributed by atoms with E-state index in [-0.39, 0.29) is 13.2 Å². The molecule has 0 heterocycles. The zero-order chi connectivity index (χ0) is 14.8. The Kier molecular flexibility index (Phi) is 7.98. The topological polar surface area (TPSA) is 32.7 Å². The molecule has 110 valence electrons. The normalized spacial score (nSPS) is 13.9. The van der Waals surface area contributed by atoms with Crippen molar-refractivity contribution in [1.82, 2.24) is 4.90 Å². The van der Waals surface area contributed by atoms with Crippen molar-refractivity contribution in [3.63, 3.8) is 0 Å². The van der Waals surface area contributed by atoms with E-state index in [4.69, 9.17) is 11.2 Å². The van der Waals surface area contributed by atoms with E-state index in [1.165, 1.54) is 5.56 Å². The molecule has 0 aliphatic carbocycles. The van der Waals surface area contributed by atoms with Crippen molar-refractivity contribution in [3.8, 4) is 12.3 Å². The molecule has 0 fully saturated rings. The Bertz CT molecular complexity index is 399. The van der Waals surface area contributed by atoms with Crippen LogP contribution in [-0.2, 0) is 11.3 Å². The van der Waals surface area contributed by atoms with Gasteiger partial charge in [-0.15, -0.1) is 6.42 Å². The molecular weight excluding hydrogens is 250 g/mol. The molecule has 20 heavy (non-hydrogen) atoms. The Hall–Kier alpha value is -1.34. The molecular formula is C17H25NO2. The molecule has 0 bridgehead atoms. The SMILES string of the molecule is C#CCOCC(O)CN(Cc1ccccc1)C(C)CC. The Morgan fingerprint density at radius 3 is 2.65 bits per heavy atom. The molecule has 1 aromatic carbocycles. The van der Waals surface area contributed by atoms with Crippen LogP contribution in [0.3, 0.4) is 0 Å². The van der Waals surface area contributed by atoms with Gasteiger partial charge in [0.2, 0.25) is 0 Å². The second-order valence-corrected chi connectivity index (χ2v) is 5.05. The van der Waals surface area contributed by atoms with Crippen LogP contribution in [0.25, 0.3) is 0 Å². The molecule has 0 saturated carbocycles. The summed E-state index contributed by atoms with van der Waals surface area (Å²) < 4.78 is 5.20. The summed E-state index contributed by atoms with van der Waals surface area (Å²) in [6.45, 7) is 6.29. The number of terminal acetylenes is 1. The third kappa shape index (κ3) is 6.21. The summed E-state index contributed by atoms with van der Waals surface area (Å²) in [6, 6.07) is 10.7. The van der Waals surface area contributed by atoms with Crippen LogP contribution in [0.5, 0.6) is 0 Å². The Morgan fingerprint density at radius 2 is 2.05 bits per heavy atom. The lowest BCUT2D eigenvalue weighted by molar-refractivity contribution is 0.0170.